The van der Waals surface area contributed by atoms with Crippen LogP contribution in [0.2, 0.25) is 0 Å². The molecule has 0 spiro atoms. The molecule has 126 valence electrons. The van der Waals surface area contributed by atoms with E-state index in [1.54, 1.807) is 0 Å². The second-order valence-corrected chi connectivity index (χ2v) is 6.02. The van der Waals surface area contributed by atoms with Gasteiger partial charge in [-0.1, -0.05) is 30.3 Å². The Morgan fingerprint density at radius 2 is 1.60 bits per heavy atom. The molecule has 0 radical (unpaired) electrons. The molecule has 1 aliphatic rings. The van der Waals surface area contributed by atoms with Crippen LogP contribution < -0.4 is 10.6 Å². The molecule has 2 aromatic carbocycles. The molecule has 2 N–H and O–H groups in total. The number of hydrogen-bond acceptors (Lipinski definition) is 5. The minimum atomic E-state index is 0.709. The van der Waals surface area contributed by atoms with Crippen molar-refractivity contribution in [2.45, 2.75) is 0 Å². The molecule has 1 aliphatic heterocycles. The van der Waals surface area contributed by atoms with Crippen LogP contribution in [0.1, 0.15) is 0 Å². The first-order chi connectivity index (χ1) is 12.3. The van der Waals surface area contributed by atoms with E-state index in [0.717, 1.165) is 54.5 Å². The maximum absolute atomic E-state index is 5.79. The fourth-order valence-electron chi connectivity index (χ4n) is 2.98. The molecule has 1 fully saturated rings. The molecule has 2 heterocycles. The number of nitrogens with zero attached hydrogens (tertiary/aromatic N) is 3. The van der Waals surface area contributed by atoms with Crippen LogP contribution in [0.15, 0.2) is 60.8 Å². The Kier molecular flexibility index (Phi) is 4.31. The Hall–Kier alpha value is -2.92. The summed E-state index contributed by atoms with van der Waals surface area (Å²) >= 11 is 0. The average molecular weight is 332 g/mol. The van der Waals surface area contributed by atoms with Crippen LogP contribution in [0.3, 0.4) is 0 Å². The molecule has 0 atom stereocenters. The minimum absolute atomic E-state index is 0.709. The maximum atomic E-state index is 5.79. The Morgan fingerprint density at radius 3 is 2.32 bits per heavy atom. The standard InChI is InChI=1S/C20H20N4O/c21-17-8-6-16(7-9-17)19-22-14-18(15-4-2-1-3-5-15)20(23-19)24-10-12-25-13-11-24/h1-9,14H,10-13,21H2. The van der Waals surface area contributed by atoms with Gasteiger partial charge in [0.15, 0.2) is 5.82 Å². The van der Waals surface area contributed by atoms with E-state index in [1.165, 1.54) is 0 Å². The molecule has 5 heteroatoms. The average Bonchev–Trinajstić information content (AvgIpc) is 2.69. The van der Waals surface area contributed by atoms with Gasteiger partial charge in [-0.3, -0.25) is 0 Å². The van der Waals surface area contributed by atoms with Crippen molar-refractivity contribution in [3.05, 3.63) is 60.8 Å². The predicted molar refractivity (Wildman–Crippen MR) is 100 cm³/mol. The van der Waals surface area contributed by atoms with E-state index in [-0.39, 0.29) is 0 Å². The van der Waals surface area contributed by atoms with Crippen LogP contribution in [-0.2, 0) is 4.74 Å². The summed E-state index contributed by atoms with van der Waals surface area (Å²) in [4.78, 5) is 11.8. The third-order valence-corrected chi connectivity index (χ3v) is 4.33. The van der Waals surface area contributed by atoms with E-state index in [0.29, 0.717) is 5.82 Å². The van der Waals surface area contributed by atoms with E-state index in [4.69, 9.17) is 15.5 Å². The van der Waals surface area contributed by atoms with Gasteiger partial charge in [0.1, 0.15) is 5.82 Å². The number of anilines is 2. The van der Waals surface area contributed by atoms with Gasteiger partial charge in [-0.2, -0.15) is 0 Å². The molecular weight excluding hydrogens is 312 g/mol. The Morgan fingerprint density at radius 1 is 0.880 bits per heavy atom. The lowest BCUT2D eigenvalue weighted by Gasteiger charge is -2.29. The van der Waals surface area contributed by atoms with Gasteiger partial charge in [0.05, 0.1) is 13.2 Å². The summed E-state index contributed by atoms with van der Waals surface area (Å²) in [5.41, 5.74) is 9.65. The van der Waals surface area contributed by atoms with Crippen molar-refractivity contribution >= 4 is 11.5 Å². The fraction of sp³-hybridized carbons (Fsp3) is 0.200. The number of nitrogen functional groups attached to an aromatic ring is 1. The lowest BCUT2D eigenvalue weighted by atomic mass is 10.1. The van der Waals surface area contributed by atoms with E-state index in [1.807, 2.05) is 48.7 Å². The number of morpholine rings is 1. The number of aromatic nitrogens is 2. The molecule has 25 heavy (non-hydrogen) atoms. The number of ether oxygens (including phenoxy) is 1. The van der Waals surface area contributed by atoms with E-state index in [9.17, 15) is 0 Å². The maximum Gasteiger partial charge on any atom is 0.161 e. The fourth-order valence-corrected chi connectivity index (χ4v) is 2.98. The molecule has 0 unspecified atom stereocenters. The highest BCUT2D eigenvalue weighted by atomic mass is 16.5. The summed E-state index contributed by atoms with van der Waals surface area (Å²) in [6, 6.07) is 17.9. The second kappa shape index (κ2) is 6.91. The SMILES string of the molecule is Nc1ccc(-c2ncc(-c3ccccc3)c(N3CCOCC3)n2)cc1. The largest absolute Gasteiger partial charge is 0.399 e. The Balaban J connectivity index is 1.80. The molecule has 3 aromatic rings. The van der Waals surface area contributed by atoms with Crippen LogP contribution >= 0.6 is 0 Å². The summed E-state index contributed by atoms with van der Waals surface area (Å²) in [6.45, 7) is 3.10. The van der Waals surface area contributed by atoms with Crippen LogP contribution in [0.5, 0.6) is 0 Å². The van der Waals surface area contributed by atoms with Crippen molar-refractivity contribution in [1.29, 1.82) is 0 Å². The highest BCUT2D eigenvalue weighted by Crippen LogP contribution is 2.31. The van der Waals surface area contributed by atoms with Crippen LogP contribution in [0.25, 0.3) is 22.5 Å². The van der Waals surface area contributed by atoms with Crippen molar-refractivity contribution < 1.29 is 4.74 Å². The van der Waals surface area contributed by atoms with Gasteiger partial charge in [-0.25, -0.2) is 9.97 Å². The second-order valence-electron chi connectivity index (χ2n) is 6.02. The van der Waals surface area contributed by atoms with Crippen molar-refractivity contribution in [2.24, 2.45) is 0 Å². The van der Waals surface area contributed by atoms with Crippen LogP contribution in [0.4, 0.5) is 11.5 Å². The summed E-state index contributed by atoms with van der Waals surface area (Å²) in [5, 5.41) is 0. The molecule has 0 saturated carbocycles. The number of nitrogens with two attached hydrogens (primary N) is 1. The third-order valence-electron chi connectivity index (χ3n) is 4.33. The van der Waals surface area contributed by atoms with Gasteiger partial charge in [0, 0.05) is 36.1 Å². The van der Waals surface area contributed by atoms with Crippen molar-refractivity contribution in [2.75, 3.05) is 36.9 Å². The van der Waals surface area contributed by atoms with Gasteiger partial charge >= 0.3 is 0 Å². The topological polar surface area (TPSA) is 64.3 Å². The van der Waals surface area contributed by atoms with Crippen molar-refractivity contribution in [1.82, 2.24) is 9.97 Å². The summed E-state index contributed by atoms with van der Waals surface area (Å²) < 4.78 is 5.50. The smallest absolute Gasteiger partial charge is 0.161 e. The first-order valence-corrected chi connectivity index (χ1v) is 8.42. The Bertz CT molecular complexity index is 843. The van der Waals surface area contributed by atoms with E-state index >= 15 is 0 Å². The van der Waals surface area contributed by atoms with Gasteiger partial charge in [0.2, 0.25) is 0 Å². The Labute approximate surface area is 147 Å². The van der Waals surface area contributed by atoms with Gasteiger partial charge < -0.3 is 15.4 Å². The van der Waals surface area contributed by atoms with Gasteiger partial charge in [-0.05, 0) is 29.8 Å². The van der Waals surface area contributed by atoms with Gasteiger partial charge in [0.25, 0.3) is 0 Å². The number of hydrogen-bond donors (Lipinski definition) is 1. The number of rotatable bonds is 3. The highest BCUT2D eigenvalue weighted by Gasteiger charge is 2.19. The zero-order valence-corrected chi connectivity index (χ0v) is 13.9. The summed E-state index contributed by atoms with van der Waals surface area (Å²) in [6.07, 6.45) is 1.92. The normalized spacial score (nSPS) is 14.5. The first kappa shape index (κ1) is 15.6. The summed E-state index contributed by atoms with van der Waals surface area (Å²) in [5.74, 6) is 1.66. The van der Waals surface area contributed by atoms with Crippen LogP contribution in [-0.4, -0.2) is 36.3 Å². The molecule has 0 aliphatic carbocycles. The number of benzene rings is 2. The molecular formula is C20H20N4O. The quantitative estimate of drug-likeness (QED) is 0.746. The van der Waals surface area contributed by atoms with Crippen molar-refractivity contribution in [3.8, 4) is 22.5 Å². The molecule has 1 saturated heterocycles. The summed E-state index contributed by atoms with van der Waals surface area (Å²) in [7, 11) is 0. The lowest BCUT2D eigenvalue weighted by molar-refractivity contribution is 0.122. The monoisotopic (exact) mass is 332 g/mol. The molecule has 1 aromatic heterocycles. The zero-order chi connectivity index (χ0) is 17.1. The highest BCUT2D eigenvalue weighted by molar-refractivity contribution is 5.77. The lowest BCUT2D eigenvalue weighted by Crippen LogP contribution is -2.37. The van der Waals surface area contributed by atoms with E-state index < -0.39 is 0 Å². The predicted octanol–water partition coefficient (Wildman–Crippen LogP) is 3.23. The third kappa shape index (κ3) is 3.32. The minimum Gasteiger partial charge on any atom is -0.399 e. The molecule has 0 bridgehead atoms. The zero-order valence-electron chi connectivity index (χ0n) is 13.9. The molecule has 0 amide bonds. The van der Waals surface area contributed by atoms with E-state index in [2.05, 4.69) is 22.0 Å². The van der Waals surface area contributed by atoms with Crippen molar-refractivity contribution in [3.63, 3.8) is 0 Å². The van der Waals surface area contributed by atoms with Crippen LogP contribution in [0, 0.1) is 0 Å². The molecule has 4 rings (SSSR count). The molecule has 5 nitrogen and oxygen atoms in total. The first-order valence-electron chi connectivity index (χ1n) is 8.42. The van der Waals surface area contributed by atoms with Gasteiger partial charge in [-0.15, -0.1) is 0 Å².